The molecule has 0 aliphatic rings. The standard InChI is InChI=1S/C23H25N3O3.C2HF3O2/c1-17-15-26(16-25-17)21-9-8-19(14-22(21)29-2)13-20(23(28)24-10-11-27)12-18-6-4-3-5-7-18;3-2(4,5)1(6)7/h3-9,13-16,27H,10-12H2,1-2H3,(H,24,28);(H,6,7)/b20-13+;. The molecule has 36 heavy (non-hydrogen) atoms. The zero-order valence-corrected chi connectivity index (χ0v) is 19.6. The Morgan fingerprint density at radius 3 is 2.36 bits per heavy atom. The highest BCUT2D eigenvalue weighted by atomic mass is 19.4. The summed E-state index contributed by atoms with van der Waals surface area (Å²) in [5.41, 5.74) is 4.29. The van der Waals surface area contributed by atoms with Crippen molar-refractivity contribution in [3.63, 3.8) is 0 Å². The maximum absolute atomic E-state index is 12.6. The number of carbonyl (C=O) groups is 2. The van der Waals surface area contributed by atoms with E-state index in [0.29, 0.717) is 17.7 Å². The molecule has 0 spiro atoms. The Bertz CT molecular complexity index is 1190. The van der Waals surface area contributed by atoms with Crippen molar-refractivity contribution in [3.05, 3.63) is 83.4 Å². The summed E-state index contributed by atoms with van der Waals surface area (Å²) in [7, 11) is 1.62. The van der Waals surface area contributed by atoms with Crippen LogP contribution >= 0.6 is 0 Å². The van der Waals surface area contributed by atoms with Gasteiger partial charge >= 0.3 is 12.1 Å². The third-order valence-corrected chi connectivity index (χ3v) is 4.70. The topological polar surface area (TPSA) is 114 Å². The van der Waals surface area contributed by atoms with Crippen molar-refractivity contribution in [2.45, 2.75) is 19.5 Å². The summed E-state index contributed by atoms with van der Waals surface area (Å²) in [4.78, 5) is 25.8. The Kier molecular flexibility index (Phi) is 10.2. The summed E-state index contributed by atoms with van der Waals surface area (Å²) >= 11 is 0. The average molecular weight is 505 g/mol. The maximum atomic E-state index is 12.6. The Balaban J connectivity index is 0.000000572. The van der Waals surface area contributed by atoms with Crippen LogP contribution in [0.25, 0.3) is 11.8 Å². The first-order valence-electron chi connectivity index (χ1n) is 10.7. The number of ether oxygens (including phenoxy) is 1. The molecule has 0 aliphatic heterocycles. The molecule has 2 aromatic carbocycles. The average Bonchev–Trinajstić information content (AvgIpc) is 3.28. The lowest BCUT2D eigenvalue weighted by Gasteiger charge is -2.12. The molecule has 8 nitrogen and oxygen atoms in total. The normalized spacial score (nSPS) is 11.3. The molecule has 3 rings (SSSR count). The predicted octanol–water partition coefficient (Wildman–Crippen LogP) is 3.56. The van der Waals surface area contributed by atoms with Gasteiger partial charge in [-0.05, 0) is 36.3 Å². The first kappa shape index (κ1) is 28.1. The van der Waals surface area contributed by atoms with E-state index >= 15 is 0 Å². The Morgan fingerprint density at radius 2 is 1.83 bits per heavy atom. The lowest BCUT2D eigenvalue weighted by Crippen LogP contribution is -2.28. The van der Waals surface area contributed by atoms with Crippen molar-refractivity contribution in [2.75, 3.05) is 20.3 Å². The number of aryl methyl sites for hydroxylation is 1. The number of nitrogens with zero attached hydrogens (tertiary/aromatic N) is 2. The van der Waals surface area contributed by atoms with Crippen LogP contribution in [0.5, 0.6) is 5.75 Å². The Hall–Kier alpha value is -4.12. The number of aliphatic hydroxyl groups excluding tert-OH is 1. The van der Waals surface area contributed by atoms with Crippen LogP contribution in [0.3, 0.4) is 0 Å². The third-order valence-electron chi connectivity index (χ3n) is 4.70. The second-order valence-electron chi connectivity index (χ2n) is 7.47. The van der Waals surface area contributed by atoms with Crippen LogP contribution in [0, 0.1) is 6.92 Å². The molecule has 0 saturated carbocycles. The lowest BCUT2D eigenvalue weighted by molar-refractivity contribution is -0.192. The van der Waals surface area contributed by atoms with E-state index in [9.17, 15) is 18.0 Å². The first-order chi connectivity index (χ1) is 17.0. The predicted molar refractivity (Wildman–Crippen MR) is 127 cm³/mol. The number of hydrogen-bond donors (Lipinski definition) is 3. The fourth-order valence-electron chi connectivity index (χ4n) is 3.05. The van der Waals surface area contributed by atoms with Gasteiger partial charge in [-0.25, -0.2) is 9.78 Å². The van der Waals surface area contributed by atoms with Gasteiger partial charge in [0.05, 0.1) is 31.4 Å². The smallest absolute Gasteiger partial charge is 0.490 e. The minimum Gasteiger partial charge on any atom is -0.495 e. The Morgan fingerprint density at radius 1 is 1.17 bits per heavy atom. The van der Waals surface area contributed by atoms with Gasteiger partial charge in [-0.2, -0.15) is 13.2 Å². The molecule has 0 atom stereocenters. The van der Waals surface area contributed by atoms with E-state index in [4.69, 9.17) is 19.7 Å². The van der Waals surface area contributed by atoms with E-state index in [-0.39, 0.29) is 19.1 Å². The minimum absolute atomic E-state index is 0.100. The fourth-order valence-corrected chi connectivity index (χ4v) is 3.05. The van der Waals surface area contributed by atoms with Crippen molar-refractivity contribution in [3.8, 4) is 11.4 Å². The van der Waals surface area contributed by atoms with Crippen molar-refractivity contribution < 1.29 is 37.7 Å². The van der Waals surface area contributed by atoms with Gasteiger partial charge in [0.15, 0.2) is 0 Å². The van der Waals surface area contributed by atoms with Crippen LogP contribution < -0.4 is 10.1 Å². The number of imidazole rings is 1. The number of methoxy groups -OCH3 is 1. The molecule has 1 amide bonds. The summed E-state index contributed by atoms with van der Waals surface area (Å²) in [6.45, 7) is 2.05. The number of alkyl halides is 3. The third kappa shape index (κ3) is 8.58. The van der Waals surface area contributed by atoms with E-state index < -0.39 is 12.1 Å². The van der Waals surface area contributed by atoms with Crippen molar-refractivity contribution >= 4 is 18.0 Å². The minimum atomic E-state index is -5.08. The summed E-state index contributed by atoms with van der Waals surface area (Å²) in [6.07, 6.45) is 0.927. The molecule has 0 saturated heterocycles. The zero-order valence-electron chi connectivity index (χ0n) is 19.6. The monoisotopic (exact) mass is 505 g/mol. The molecule has 3 aromatic rings. The molecular weight excluding hydrogens is 479 g/mol. The molecule has 0 fully saturated rings. The van der Waals surface area contributed by atoms with E-state index in [2.05, 4.69) is 10.3 Å². The number of rotatable bonds is 8. The number of carbonyl (C=O) groups excluding carboxylic acids is 1. The molecule has 3 N–H and O–H groups in total. The van der Waals surface area contributed by atoms with Gasteiger partial charge in [0.25, 0.3) is 0 Å². The Labute approximate surface area is 205 Å². The number of aliphatic hydroxyl groups is 1. The van der Waals surface area contributed by atoms with Gasteiger partial charge in [0, 0.05) is 24.7 Å². The van der Waals surface area contributed by atoms with Gasteiger partial charge in [-0.1, -0.05) is 36.4 Å². The van der Waals surface area contributed by atoms with Crippen LogP contribution in [0.2, 0.25) is 0 Å². The van der Waals surface area contributed by atoms with E-state index in [1.165, 1.54) is 0 Å². The van der Waals surface area contributed by atoms with Crippen molar-refractivity contribution in [1.29, 1.82) is 0 Å². The number of benzene rings is 2. The van der Waals surface area contributed by atoms with E-state index in [1.54, 1.807) is 13.4 Å². The lowest BCUT2D eigenvalue weighted by atomic mass is 10.0. The van der Waals surface area contributed by atoms with Gasteiger partial charge in [0.2, 0.25) is 5.91 Å². The van der Waals surface area contributed by atoms with Crippen molar-refractivity contribution in [1.82, 2.24) is 14.9 Å². The molecule has 0 aliphatic carbocycles. The highest BCUT2D eigenvalue weighted by Crippen LogP contribution is 2.26. The highest BCUT2D eigenvalue weighted by molar-refractivity contribution is 5.98. The van der Waals surface area contributed by atoms with Gasteiger partial charge in [-0.15, -0.1) is 0 Å². The number of halogens is 3. The van der Waals surface area contributed by atoms with Gasteiger partial charge in [-0.3, -0.25) is 4.79 Å². The number of carboxylic acids is 1. The van der Waals surface area contributed by atoms with Crippen molar-refractivity contribution in [2.24, 2.45) is 0 Å². The molecule has 0 bridgehead atoms. The van der Waals surface area contributed by atoms with Crippen LogP contribution in [0.15, 0.2) is 66.6 Å². The second kappa shape index (κ2) is 13.1. The maximum Gasteiger partial charge on any atom is 0.490 e. The molecule has 0 radical (unpaired) electrons. The molecule has 0 unspecified atom stereocenters. The largest absolute Gasteiger partial charge is 0.495 e. The number of aromatic nitrogens is 2. The van der Waals surface area contributed by atoms with Crippen LogP contribution in [0.4, 0.5) is 13.2 Å². The highest BCUT2D eigenvalue weighted by Gasteiger charge is 2.38. The number of nitrogens with one attached hydrogen (secondary N) is 1. The van der Waals surface area contributed by atoms with Gasteiger partial charge < -0.3 is 24.8 Å². The summed E-state index contributed by atoms with van der Waals surface area (Å²) in [5, 5.41) is 18.9. The fraction of sp³-hybridized carbons (Fsp3) is 0.240. The second-order valence-corrected chi connectivity index (χ2v) is 7.47. The zero-order chi connectivity index (χ0) is 26.7. The van der Waals surface area contributed by atoms with Crippen LogP contribution in [0.1, 0.15) is 16.8 Å². The number of carboxylic acid groups (broad SMARTS) is 1. The summed E-state index contributed by atoms with van der Waals surface area (Å²) < 4.78 is 39.2. The quantitative estimate of drug-likeness (QED) is 0.404. The first-order valence-corrected chi connectivity index (χ1v) is 10.7. The molecule has 192 valence electrons. The molecule has 1 aromatic heterocycles. The van der Waals surface area contributed by atoms with Gasteiger partial charge in [0.1, 0.15) is 5.75 Å². The molecular formula is C25H26F3N3O5. The van der Waals surface area contributed by atoms with E-state index in [0.717, 1.165) is 22.5 Å². The molecule has 1 heterocycles. The number of hydrogen-bond acceptors (Lipinski definition) is 5. The number of amides is 1. The van der Waals surface area contributed by atoms with E-state index in [1.807, 2.05) is 72.3 Å². The molecule has 11 heteroatoms. The van der Waals surface area contributed by atoms with Crippen LogP contribution in [-0.4, -0.2) is 58.1 Å². The summed E-state index contributed by atoms with van der Waals surface area (Å²) in [6, 6.07) is 15.6. The SMILES string of the molecule is COc1cc(/C=C(\Cc2ccccc2)C(=O)NCCO)ccc1-n1cnc(C)c1.O=C(O)C(F)(F)F. The summed E-state index contributed by atoms with van der Waals surface area (Å²) in [5.74, 6) is -2.27. The van der Waals surface area contributed by atoms with Crippen LogP contribution in [-0.2, 0) is 16.0 Å². The number of aliphatic carboxylic acids is 1.